The van der Waals surface area contributed by atoms with Crippen molar-refractivity contribution in [2.75, 3.05) is 19.6 Å². The number of carbonyl (C=O) groups is 1. The average molecular weight is 410 g/mol. The number of fused-ring (bicyclic) bond motifs is 1. The fraction of sp³-hybridized carbons (Fsp3) is 0.474. The highest BCUT2D eigenvalue weighted by Gasteiger charge is 2.36. The molecule has 1 aromatic heterocycles. The molecule has 2 fully saturated rings. The Labute approximate surface area is 164 Å². The molecular weight excluding hydrogens is 389 g/mol. The van der Waals surface area contributed by atoms with Gasteiger partial charge >= 0.3 is 12.2 Å². The van der Waals surface area contributed by atoms with Gasteiger partial charge in [0.1, 0.15) is 0 Å². The predicted molar refractivity (Wildman–Crippen MR) is 100 cm³/mol. The molecule has 0 spiro atoms. The van der Waals surface area contributed by atoms with E-state index in [0.717, 1.165) is 36.4 Å². The van der Waals surface area contributed by atoms with E-state index in [0.29, 0.717) is 35.5 Å². The molecule has 1 N–H and O–H groups in total. The van der Waals surface area contributed by atoms with Crippen molar-refractivity contribution < 1.29 is 18.0 Å². The SMILES string of the molecule is Cc1cn(-c2ccc(C(F)(F)F)cc2)/c(=N/C(=O)N2C[C@@H]3CCCN[C@@H]3C2)s1. The number of hydrogen-bond donors (Lipinski definition) is 1. The number of likely N-dealkylation sites (tertiary alicyclic amines) is 1. The van der Waals surface area contributed by atoms with Crippen LogP contribution in [-0.2, 0) is 6.18 Å². The fourth-order valence-corrected chi connectivity index (χ4v) is 4.71. The number of alkyl halides is 3. The van der Waals surface area contributed by atoms with Crippen LogP contribution in [0.3, 0.4) is 0 Å². The quantitative estimate of drug-likeness (QED) is 0.782. The number of halogens is 3. The Kier molecular flexibility index (Phi) is 5.05. The van der Waals surface area contributed by atoms with Gasteiger partial charge in [0.2, 0.25) is 0 Å². The highest BCUT2D eigenvalue weighted by Crippen LogP contribution is 2.29. The summed E-state index contributed by atoms with van der Waals surface area (Å²) in [7, 11) is 0. The number of urea groups is 1. The van der Waals surface area contributed by atoms with Crippen molar-refractivity contribution in [2.45, 2.75) is 32.0 Å². The molecule has 0 unspecified atom stereocenters. The Morgan fingerprint density at radius 3 is 2.68 bits per heavy atom. The second kappa shape index (κ2) is 7.36. The second-order valence-corrected chi connectivity index (χ2v) is 8.51. The van der Waals surface area contributed by atoms with Crippen LogP contribution in [0.25, 0.3) is 5.69 Å². The van der Waals surface area contributed by atoms with Crippen molar-refractivity contribution in [3.8, 4) is 5.69 Å². The summed E-state index contributed by atoms with van der Waals surface area (Å²) in [6.45, 7) is 4.21. The molecule has 0 bridgehead atoms. The summed E-state index contributed by atoms with van der Waals surface area (Å²) in [5.74, 6) is 0.472. The van der Waals surface area contributed by atoms with Crippen LogP contribution in [0.4, 0.5) is 18.0 Å². The molecule has 4 rings (SSSR count). The highest BCUT2D eigenvalue weighted by atomic mass is 32.1. The van der Waals surface area contributed by atoms with Crippen LogP contribution in [-0.4, -0.2) is 41.2 Å². The largest absolute Gasteiger partial charge is 0.416 e. The van der Waals surface area contributed by atoms with Gasteiger partial charge in [-0.3, -0.25) is 4.57 Å². The lowest BCUT2D eigenvalue weighted by atomic mass is 9.94. The monoisotopic (exact) mass is 410 g/mol. The van der Waals surface area contributed by atoms with Gasteiger partial charge in [-0.15, -0.1) is 11.3 Å². The van der Waals surface area contributed by atoms with Crippen molar-refractivity contribution in [3.05, 3.63) is 45.7 Å². The highest BCUT2D eigenvalue weighted by molar-refractivity contribution is 7.09. The lowest BCUT2D eigenvalue weighted by molar-refractivity contribution is -0.137. The molecule has 0 radical (unpaired) electrons. The average Bonchev–Trinajstić information content (AvgIpc) is 3.24. The number of aryl methyl sites for hydroxylation is 1. The van der Waals surface area contributed by atoms with Crippen molar-refractivity contribution in [2.24, 2.45) is 10.9 Å². The first-order valence-electron chi connectivity index (χ1n) is 9.25. The maximum Gasteiger partial charge on any atom is 0.416 e. The van der Waals surface area contributed by atoms with E-state index in [1.54, 1.807) is 15.7 Å². The number of carbonyl (C=O) groups excluding carboxylic acids is 1. The zero-order chi connectivity index (χ0) is 19.9. The molecule has 28 heavy (non-hydrogen) atoms. The molecule has 150 valence electrons. The van der Waals surface area contributed by atoms with Crippen LogP contribution in [0.5, 0.6) is 0 Å². The third-order valence-corrected chi connectivity index (χ3v) is 6.20. The molecule has 9 heteroatoms. The van der Waals surface area contributed by atoms with Gasteiger partial charge in [0.25, 0.3) is 0 Å². The number of amides is 2. The summed E-state index contributed by atoms with van der Waals surface area (Å²) in [6.07, 6.45) is -0.355. The van der Waals surface area contributed by atoms with Gasteiger partial charge in [-0.1, -0.05) is 0 Å². The minimum absolute atomic E-state index is 0.293. The summed E-state index contributed by atoms with van der Waals surface area (Å²) in [5, 5.41) is 3.46. The van der Waals surface area contributed by atoms with Crippen LogP contribution in [0.1, 0.15) is 23.3 Å². The molecule has 2 aromatic rings. The van der Waals surface area contributed by atoms with Crippen molar-refractivity contribution in [3.63, 3.8) is 0 Å². The van der Waals surface area contributed by atoms with E-state index in [1.165, 1.54) is 23.5 Å². The van der Waals surface area contributed by atoms with E-state index in [4.69, 9.17) is 0 Å². The van der Waals surface area contributed by atoms with E-state index < -0.39 is 11.7 Å². The smallest absolute Gasteiger partial charge is 0.321 e. The van der Waals surface area contributed by atoms with Crippen molar-refractivity contribution >= 4 is 17.4 Å². The molecule has 2 saturated heterocycles. The van der Waals surface area contributed by atoms with Crippen LogP contribution in [0.2, 0.25) is 0 Å². The molecule has 0 aliphatic carbocycles. The number of rotatable bonds is 1. The number of aromatic nitrogens is 1. The molecule has 2 atom stereocenters. The topological polar surface area (TPSA) is 49.6 Å². The normalized spacial score (nSPS) is 23.1. The third kappa shape index (κ3) is 3.86. The van der Waals surface area contributed by atoms with E-state index in [1.807, 2.05) is 6.92 Å². The Morgan fingerprint density at radius 2 is 2.00 bits per heavy atom. The molecule has 0 saturated carbocycles. The van der Waals surface area contributed by atoms with E-state index in [9.17, 15) is 18.0 Å². The summed E-state index contributed by atoms with van der Waals surface area (Å²) in [5.41, 5.74) is -0.161. The Hall–Kier alpha value is -2.13. The van der Waals surface area contributed by atoms with E-state index in [2.05, 4.69) is 10.3 Å². The van der Waals surface area contributed by atoms with Gasteiger partial charge in [-0.2, -0.15) is 18.2 Å². The lowest BCUT2D eigenvalue weighted by Crippen LogP contribution is -2.40. The molecular formula is C19H21F3N4OS. The van der Waals surface area contributed by atoms with Gasteiger partial charge in [0, 0.05) is 35.9 Å². The number of piperidine rings is 1. The van der Waals surface area contributed by atoms with Gasteiger partial charge < -0.3 is 10.2 Å². The number of nitrogens with zero attached hydrogens (tertiary/aromatic N) is 3. The second-order valence-electron chi connectivity index (χ2n) is 7.30. The van der Waals surface area contributed by atoms with Crippen LogP contribution >= 0.6 is 11.3 Å². The summed E-state index contributed by atoms with van der Waals surface area (Å²) in [6, 6.07) is 4.91. The first-order chi connectivity index (χ1) is 13.3. The zero-order valence-corrected chi connectivity index (χ0v) is 16.2. The molecule has 2 aliphatic heterocycles. The van der Waals surface area contributed by atoms with E-state index >= 15 is 0 Å². The molecule has 3 heterocycles. The minimum Gasteiger partial charge on any atom is -0.321 e. The van der Waals surface area contributed by atoms with Crippen molar-refractivity contribution in [1.29, 1.82) is 0 Å². The van der Waals surface area contributed by atoms with Crippen LogP contribution in [0.15, 0.2) is 35.5 Å². The molecule has 5 nitrogen and oxygen atoms in total. The number of nitrogens with one attached hydrogen (secondary N) is 1. The van der Waals surface area contributed by atoms with E-state index in [-0.39, 0.29) is 6.03 Å². The molecule has 1 aromatic carbocycles. The van der Waals surface area contributed by atoms with Crippen molar-refractivity contribution in [1.82, 2.24) is 14.8 Å². The predicted octanol–water partition coefficient (Wildman–Crippen LogP) is 3.57. The first-order valence-corrected chi connectivity index (χ1v) is 10.1. The summed E-state index contributed by atoms with van der Waals surface area (Å²) < 4.78 is 40.1. The molecule has 2 amide bonds. The molecule has 2 aliphatic rings. The minimum atomic E-state index is -4.38. The number of thiazole rings is 1. The fourth-order valence-electron chi connectivity index (χ4n) is 3.88. The maximum absolute atomic E-state index is 12.8. The van der Waals surface area contributed by atoms with Crippen LogP contribution < -0.4 is 10.1 Å². The maximum atomic E-state index is 12.8. The third-order valence-electron chi connectivity index (χ3n) is 5.30. The Morgan fingerprint density at radius 1 is 1.25 bits per heavy atom. The van der Waals surface area contributed by atoms with Gasteiger partial charge in [0.05, 0.1) is 5.56 Å². The Balaban J connectivity index is 1.60. The Bertz CT molecular complexity index is 918. The van der Waals surface area contributed by atoms with Crippen LogP contribution in [0, 0.1) is 12.8 Å². The summed E-state index contributed by atoms with van der Waals surface area (Å²) >= 11 is 1.34. The van der Waals surface area contributed by atoms with Gasteiger partial charge in [0.15, 0.2) is 4.80 Å². The lowest BCUT2D eigenvalue weighted by Gasteiger charge is -2.24. The number of benzene rings is 1. The first kappa shape index (κ1) is 19.2. The van der Waals surface area contributed by atoms with Gasteiger partial charge in [-0.05, 0) is 56.5 Å². The number of hydrogen-bond acceptors (Lipinski definition) is 3. The summed E-state index contributed by atoms with van der Waals surface area (Å²) in [4.78, 5) is 20.1. The van der Waals surface area contributed by atoms with Gasteiger partial charge in [-0.25, -0.2) is 4.79 Å². The zero-order valence-electron chi connectivity index (χ0n) is 15.4. The standard InChI is InChI=1S/C19H21F3N4OS/c1-12-9-26(15-6-4-14(5-7-15)19(20,21)22)18(28-12)24-17(27)25-10-13-3-2-8-23-16(13)11-25/h4-7,9,13,16,23H,2-3,8,10-11H2,1H3/b24-18-/t13-,16+/m0/s1.